The third kappa shape index (κ3) is 3.41. The Balaban J connectivity index is 2.27. The van der Waals surface area contributed by atoms with Gasteiger partial charge in [0.05, 0.1) is 18.5 Å². The third-order valence-corrected chi connectivity index (χ3v) is 3.82. The molecule has 116 valence electrons. The van der Waals surface area contributed by atoms with E-state index in [9.17, 15) is 14.7 Å². The Morgan fingerprint density at radius 2 is 2.24 bits per heavy atom. The van der Waals surface area contributed by atoms with Crippen LogP contribution in [0.2, 0.25) is 0 Å². The number of ether oxygens (including phenoxy) is 1. The van der Waals surface area contributed by atoms with Crippen LogP contribution in [0.4, 0.5) is 0 Å². The van der Waals surface area contributed by atoms with Crippen LogP contribution in [-0.4, -0.2) is 45.2 Å². The van der Waals surface area contributed by atoms with E-state index in [1.807, 2.05) is 13.8 Å². The van der Waals surface area contributed by atoms with Gasteiger partial charge in [0.25, 0.3) is 0 Å². The van der Waals surface area contributed by atoms with Gasteiger partial charge in [0.15, 0.2) is 6.10 Å². The number of carboxylic acids is 1. The van der Waals surface area contributed by atoms with Crippen molar-refractivity contribution >= 4 is 11.9 Å². The van der Waals surface area contributed by atoms with Gasteiger partial charge in [-0.15, -0.1) is 0 Å². The molecule has 1 aromatic heterocycles. The van der Waals surface area contributed by atoms with Gasteiger partial charge in [0.1, 0.15) is 0 Å². The Bertz CT molecular complexity index is 500. The fourth-order valence-corrected chi connectivity index (χ4v) is 2.83. The predicted molar refractivity (Wildman–Crippen MR) is 74.7 cm³/mol. The monoisotopic (exact) mass is 295 g/mol. The molecule has 7 nitrogen and oxygen atoms in total. The summed E-state index contributed by atoms with van der Waals surface area (Å²) >= 11 is 0. The number of aliphatic carboxylic acids is 1. The minimum Gasteiger partial charge on any atom is -0.479 e. The molecule has 1 aromatic rings. The summed E-state index contributed by atoms with van der Waals surface area (Å²) in [6, 6.07) is -0.250. The summed E-state index contributed by atoms with van der Waals surface area (Å²) in [7, 11) is 0. The van der Waals surface area contributed by atoms with Crippen molar-refractivity contribution in [2.24, 2.45) is 5.92 Å². The quantitative estimate of drug-likeness (QED) is 0.748. The molecular formula is C14H21N3O4. The Kier molecular flexibility index (Phi) is 4.62. The van der Waals surface area contributed by atoms with Crippen LogP contribution in [0.1, 0.15) is 38.8 Å². The average molecular weight is 295 g/mol. The molecule has 2 heterocycles. The molecule has 1 aliphatic rings. The normalized spacial score (nSPS) is 26.8. The number of amides is 1. The first-order valence-electron chi connectivity index (χ1n) is 7.03. The Labute approximate surface area is 123 Å². The Morgan fingerprint density at radius 1 is 1.52 bits per heavy atom. The molecule has 2 rings (SSSR count). The lowest BCUT2D eigenvalue weighted by Gasteiger charge is -2.30. The summed E-state index contributed by atoms with van der Waals surface area (Å²) in [5.41, 5.74) is 0.833. The van der Waals surface area contributed by atoms with Gasteiger partial charge in [-0.25, -0.2) is 9.78 Å². The maximum Gasteiger partial charge on any atom is 0.332 e. The molecule has 7 heteroatoms. The van der Waals surface area contributed by atoms with Gasteiger partial charge in [0.2, 0.25) is 5.91 Å². The summed E-state index contributed by atoms with van der Waals surface area (Å²) < 4.78 is 5.72. The van der Waals surface area contributed by atoms with Crippen molar-refractivity contribution in [2.75, 3.05) is 0 Å². The van der Waals surface area contributed by atoms with Crippen LogP contribution in [0.3, 0.4) is 0 Å². The molecule has 0 aliphatic carbocycles. The second-order valence-electron chi connectivity index (χ2n) is 5.75. The van der Waals surface area contributed by atoms with Crippen molar-refractivity contribution in [2.45, 2.75) is 51.4 Å². The number of carboxylic acid groups (broad SMARTS) is 1. The van der Waals surface area contributed by atoms with Gasteiger partial charge in [-0.1, -0.05) is 13.8 Å². The first-order chi connectivity index (χ1) is 9.90. The number of aromatic amines is 1. The minimum absolute atomic E-state index is 0.122. The minimum atomic E-state index is -0.979. The molecule has 21 heavy (non-hydrogen) atoms. The number of nitrogens with zero attached hydrogens (tertiary/aromatic N) is 1. The third-order valence-electron chi connectivity index (χ3n) is 3.82. The lowest BCUT2D eigenvalue weighted by atomic mass is 9.86. The Morgan fingerprint density at radius 3 is 2.71 bits per heavy atom. The zero-order chi connectivity index (χ0) is 15.6. The Hall–Kier alpha value is -1.89. The second-order valence-corrected chi connectivity index (χ2v) is 5.75. The number of carbonyl (C=O) groups is 2. The predicted octanol–water partition coefficient (Wildman–Crippen LogP) is 0.896. The number of imidazole rings is 1. The maximum absolute atomic E-state index is 11.4. The number of aromatic nitrogens is 2. The van der Waals surface area contributed by atoms with Gasteiger partial charge < -0.3 is 20.1 Å². The second kappa shape index (κ2) is 6.26. The summed E-state index contributed by atoms with van der Waals surface area (Å²) in [6.45, 7) is 5.40. The van der Waals surface area contributed by atoms with Crippen LogP contribution in [0.15, 0.2) is 12.5 Å². The van der Waals surface area contributed by atoms with E-state index in [1.165, 1.54) is 6.92 Å². The van der Waals surface area contributed by atoms with E-state index < -0.39 is 18.2 Å². The van der Waals surface area contributed by atoms with E-state index in [0.717, 1.165) is 5.69 Å². The number of hydrogen-bond donors (Lipinski definition) is 3. The molecule has 1 amide bonds. The van der Waals surface area contributed by atoms with E-state index >= 15 is 0 Å². The first kappa shape index (κ1) is 15.5. The van der Waals surface area contributed by atoms with Gasteiger partial charge >= 0.3 is 5.97 Å². The van der Waals surface area contributed by atoms with E-state index in [4.69, 9.17) is 4.74 Å². The molecule has 0 spiro atoms. The highest BCUT2D eigenvalue weighted by atomic mass is 16.5. The molecular weight excluding hydrogens is 274 g/mol. The van der Waals surface area contributed by atoms with Crippen molar-refractivity contribution < 1.29 is 19.4 Å². The van der Waals surface area contributed by atoms with Crippen LogP contribution < -0.4 is 5.32 Å². The fourth-order valence-electron chi connectivity index (χ4n) is 2.83. The molecule has 0 saturated carbocycles. The molecule has 4 atom stereocenters. The van der Waals surface area contributed by atoms with Gasteiger partial charge in [-0.2, -0.15) is 0 Å². The zero-order valence-corrected chi connectivity index (χ0v) is 12.4. The topological polar surface area (TPSA) is 104 Å². The van der Waals surface area contributed by atoms with Crippen molar-refractivity contribution in [1.29, 1.82) is 0 Å². The number of nitrogens with one attached hydrogen (secondary N) is 2. The first-order valence-corrected chi connectivity index (χ1v) is 7.03. The van der Waals surface area contributed by atoms with Crippen molar-refractivity contribution in [1.82, 2.24) is 15.3 Å². The average Bonchev–Trinajstić information content (AvgIpc) is 3.03. The summed E-state index contributed by atoms with van der Waals surface area (Å²) in [5, 5.41) is 12.1. The standard InChI is InChI=1S/C14H21N3O4/c1-7(2)12(17-8(3)18)13-9(10-5-15-6-16-10)4-11(21-13)14(19)20/h5-7,9,11-13H,4H2,1-3H3,(H,15,16)(H,17,18)(H,19,20)/t9-,11+,12+,13+/m0/s1. The highest BCUT2D eigenvalue weighted by Gasteiger charge is 2.45. The largest absolute Gasteiger partial charge is 0.479 e. The smallest absolute Gasteiger partial charge is 0.332 e. The SMILES string of the molecule is CC(=O)N[C@H](C(C)C)[C@@H]1O[C@@H](C(=O)O)C[C@H]1c1cnc[nH]1. The molecule has 0 bridgehead atoms. The van der Waals surface area contributed by atoms with Crippen molar-refractivity contribution in [3.05, 3.63) is 18.2 Å². The number of rotatable bonds is 5. The molecule has 0 unspecified atom stereocenters. The van der Waals surface area contributed by atoms with Gasteiger partial charge in [-0.3, -0.25) is 4.79 Å². The summed E-state index contributed by atoms with van der Waals surface area (Å²) in [4.78, 5) is 29.7. The van der Waals surface area contributed by atoms with Crippen LogP contribution in [-0.2, 0) is 14.3 Å². The number of H-pyrrole nitrogens is 1. The molecule has 1 fully saturated rings. The van der Waals surface area contributed by atoms with Crippen LogP contribution in [0.25, 0.3) is 0 Å². The lowest BCUT2D eigenvalue weighted by molar-refractivity contribution is -0.150. The van der Waals surface area contributed by atoms with E-state index in [0.29, 0.717) is 6.42 Å². The number of hydrogen-bond acceptors (Lipinski definition) is 4. The highest BCUT2D eigenvalue weighted by molar-refractivity contribution is 5.74. The van der Waals surface area contributed by atoms with Crippen LogP contribution in [0.5, 0.6) is 0 Å². The molecule has 0 radical (unpaired) electrons. The van der Waals surface area contributed by atoms with Crippen LogP contribution >= 0.6 is 0 Å². The summed E-state index contributed by atoms with van der Waals surface area (Å²) in [6.07, 6.45) is 2.35. The molecule has 1 aliphatic heterocycles. The number of carbonyl (C=O) groups excluding carboxylic acids is 1. The van der Waals surface area contributed by atoms with Gasteiger partial charge in [0, 0.05) is 24.7 Å². The van der Waals surface area contributed by atoms with E-state index in [2.05, 4.69) is 15.3 Å². The maximum atomic E-state index is 11.4. The summed E-state index contributed by atoms with van der Waals surface area (Å²) in [5.74, 6) is -1.14. The highest BCUT2D eigenvalue weighted by Crippen LogP contribution is 2.37. The molecule has 0 aromatic carbocycles. The fraction of sp³-hybridized carbons (Fsp3) is 0.643. The molecule has 1 saturated heterocycles. The van der Waals surface area contributed by atoms with Crippen molar-refractivity contribution in [3.63, 3.8) is 0 Å². The van der Waals surface area contributed by atoms with Crippen LogP contribution in [0, 0.1) is 5.92 Å². The van der Waals surface area contributed by atoms with Crippen molar-refractivity contribution in [3.8, 4) is 0 Å². The van der Waals surface area contributed by atoms with E-state index in [-0.39, 0.29) is 23.8 Å². The molecule has 3 N–H and O–H groups in total. The van der Waals surface area contributed by atoms with Gasteiger partial charge in [-0.05, 0) is 12.3 Å². The lowest BCUT2D eigenvalue weighted by Crippen LogP contribution is -2.48. The zero-order valence-electron chi connectivity index (χ0n) is 12.4. The van der Waals surface area contributed by atoms with E-state index in [1.54, 1.807) is 12.5 Å².